The Balaban J connectivity index is 1.47. The molecule has 0 aliphatic rings. The maximum atomic E-state index is 4.45. The van der Waals surface area contributed by atoms with Crippen molar-refractivity contribution < 1.29 is 0 Å². The van der Waals surface area contributed by atoms with E-state index in [1.165, 1.54) is 5.56 Å². The van der Waals surface area contributed by atoms with Gasteiger partial charge < -0.3 is 4.57 Å². The molecule has 0 radical (unpaired) electrons. The topological polar surface area (TPSA) is 48.5 Å². The van der Waals surface area contributed by atoms with Crippen molar-refractivity contribution in [2.24, 2.45) is 0 Å². The van der Waals surface area contributed by atoms with Crippen molar-refractivity contribution in [1.29, 1.82) is 0 Å². The van der Waals surface area contributed by atoms with Gasteiger partial charge in [-0.15, -0.1) is 10.2 Å². The highest BCUT2D eigenvalue weighted by Gasteiger charge is 2.11. The van der Waals surface area contributed by atoms with E-state index in [9.17, 15) is 0 Å². The number of hydrogen-bond acceptors (Lipinski definition) is 4. The number of para-hydroxylation sites is 1. The van der Waals surface area contributed by atoms with E-state index in [1.54, 1.807) is 11.8 Å². The van der Waals surface area contributed by atoms with E-state index in [0.29, 0.717) is 0 Å². The van der Waals surface area contributed by atoms with Crippen molar-refractivity contribution in [3.8, 4) is 5.69 Å². The van der Waals surface area contributed by atoms with Crippen LogP contribution in [0.4, 0.5) is 0 Å². The van der Waals surface area contributed by atoms with Crippen molar-refractivity contribution in [3.05, 3.63) is 90.0 Å². The second-order valence-corrected chi connectivity index (χ2v) is 6.96. The molecule has 0 bridgehead atoms. The minimum atomic E-state index is 0.783. The van der Waals surface area contributed by atoms with Crippen LogP contribution < -0.4 is 0 Å². The quantitative estimate of drug-likeness (QED) is 0.485. The minimum absolute atomic E-state index is 0.783. The fourth-order valence-electron chi connectivity index (χ4n) is 2.72. The second-order valence-electron chi connectivity index (χ2n) is 6.02. The van der Waals surface area contributed by atoms with Crippen molar-refractivity contribution >= 4 is 11.8 Å². The number of thioether (sulfide) groups is 1. The molecule has 0 spiro atoms. The zero-order valence-electron chi connectivity index (χ0n) is 14.5. The largest absolute Gasteiger partial charge is 0.302 e. The van der Waals surface area contributed by atoms with Gasteiger partial charge in [0.1, 0.15) is 5.82 Å². The van der Waals surface area contributed by atoms with Gasteiger partial charge in [0.05, 0.1) is 18.4 Å². The Morgan fingerprint density at radius 1 is 0.885 bits per heavy atom. The van der Waals surface area contributed by atoms with E-state index in [-0.39, 0.29) is 0 Å². The van der Waals surface area contributed by atoms with Crippen LogP contribution in [0.1, 0.15) is 17.0 Å². The summed E-state index contributed by atoms with van der Waals surface area (Å²) in [5.74, 6) is 1.73. The number of hydrogen-bond donors (Lipinski definition) is 0. The van der Waals surface area contributed by atoms with Crippen molar-refractivity contribution in [2.45, 2.75) is 24.4 Å². The van der Waals surface area contributed by atoms with E-state index < -0.39 is 0 Å². The molecule has 0 unspecified atom stereocenters. The van der Waals surface area contributed by atoms with E-state index in [2.05, 4.69) is 50.3 Å². The molecule has 0 aliphatic carbocycles. The van der Waals surface area contributed by atoms with Gasteiger partial charge in [0.15, 0.2) is 5.16 Å². The molecule has 0 saturated heterocycles. The minimum Gasteiger partial charge on any atom is -0.302 e. The van der Waals surface area contributed by atoms with Crippen LogP contribution in [0, 0.1) is 6.92 Å². The first-order chi connectivity index (χ1) is 12.8. The van der Waals surface area contributed by atoms with E-state index in [4.69, 9.17) is 0 Å². The zero-order chi connectivity index (χ0) is 17.8. The molecule has 0 saturated carbocycles. The van der Waals surface area contributed by atoms with Crippen LogP contribution in [-0.2, 0) is 12.3 Å². The summed E-state index contributed by atoms with van der Waals surface area (Å²) in [5, 5.41) is 14.0. The van der Waals surface area contributed by atoms with Crippen LogP contribution in [-0.4, -0.2) is 24.5 Å². The summed E-state index contributed by atoms with van der Waals surface area (Å²) in [6.07, 6.45) is 3.97. The van der Waals surface area contributed by atoms with Gasteiger partial charge in [-0.3, -0.25) is 0 Å². The van der Waals surface area contributed by atoms with Gasteiger partial charge in [-0.25, -0.2) is 4.68 Å². The van der Waals surface area contributed by atoms with Gasteiger partial charge in [0.2, 0.25) is 0 Å². The molecule has 2 heterocycles. The van der Waals surface area contributed by atoms with E-state index in [1.807, 2.05) is 54.2 Å². The first-order valence-electron chi connectivity index (χ1n) is 8.45. The molecule has 4 rings (SSSR count). The third kappa shape index (κ3) is 3.70. The molecular formula is C20H19N5S. The molecule has 0 fully saturated rings. The first-order valence-corrected chi connectivity index (χ1v) is 9.43. The monoisotopic (exact) mass is 361 g/mol. The third-order valence-corrected chi connectivity index (χ3v) is 5.15. The fourth-order valence-corrected chi connectivity index (χ4v) is 3.62. The maximum absolute atomic E-state index is 4.45. The van der Waals surface area contributed by atoms with Crippen LogP contribution in [0.3, 0.4) is 0 Å². The van der Waals surface area contributed by atoms with E-state index in [0.717, 1.165) is 34.5 Å². The van der Waals surface area contributed by atoms with Gasteiger partial charge >= 0.3 is 0 Å². The summed E-state index contributed by atoms with van der Waals surface area (Å²) in [7, 11) is 0. The number of nitrogens with zero attached hydrogens (tertiary/aromatic N) is 5. The molecular weight excluding hydrogens is 342 g/mol. The molecule has 2 aromatic heterocycles. The van der Waals surface area contributed by atoms with Crippen LogP contribution in [0.5, 0.6) is 0 Å². The molecule has 0 N–H and O–H groups in total. The highest BCUT2D eigenvalue weighted by Crippen LogP contribution is 2.23. The van der Waals surface area contributed by atoms with Gasteiger partial charge in [0, 0.05) is 17.5 Å². The second kappa shape index (κ2) is 7.58. The standard InChI is InChI=1S/C20H19N5S/c1-16-22-23-20(24(16)13-17-8-4-2-5-9-17)26-15-18-12-21-25(14-18)19-10-6-3-7-11-19/h2-12,14H,13,15H2,1H3. The van der Waals surface area contributed by atoms with Gasteiger partial charge in [-0.05, 0) is 24.6 Å². The molecule has 130 valence electrons. The van der Waals surface area contributed by atoms with Gasteiger partial charge in [-0.1, -0.05) is 60.3 Å². The van der Waals surface area contributed by atoms with Crippen molar-refractivity contribution in [2.75, 3.05) is 0 Å². The smallest absolute Gasteiger partial charge is 0.191 e. The summed E-state index contributed by atoms with van der Waals surface area (Å²) in [6.45, 7) is 2.78. The molecule has 0 amide bonds. The summed E-state index contributed by atoms with van der Waals surface area (Å²) in [5.41, 5.74) is 3.46. The summed E-state index contributed by atoms with van der Waals surface area (Å²) in [4.78, 5) is 0. The highest BCUT2D eigenvalue weighted by atomic mass is 32.2. The van der Waals surface area contributed by atoms with Crippen molar-refractivity contribution in [3.63, 3.8) is 0 Å². The lowest BCUT2D eigenvalue weighted by Gasteiger charge is -2.08. The lowest BCUT2D eigenvalue weighted by molar-refractivity contribution is 0.688. The third-order valence-electron chi connectivity index (χ3n) is 4.11. The Hall–Kier alpha value is -2.86. The number of benzene rings is 2. The average Bonchev–Trinajstić information content (AvgIpc) is 3.29. The van der Waals surface area contributed by atoms with E-state index >= 15 is 0 Å². The lowest BCUT2D eigenvalue weighted by Crippen LogP contribution is -2.03. The summed E-state index contributed by atoms with van der Waals surface area (Å²) >= 11 is 1.68. The Labute approximate surface area is 156 Å². The Kier molecular flexibility index (Phi) is 4.84. The Morgan fingerprint density at radius 2 is 1.62 bits per heavy atom. The van der Waals surface area contributed by atoms with Crippen LogP contribution in [0.15, 0.2) is 78.2 Å². The molecule has 0 atom stereocenters. The Bertz CT molecular complexity index is 976. The average molecular weight is 361 g/mol. The summed E-state index contributed by atoms with van der Waals surface area (Å²) in [6, 6.07) is 20.5. The van der Waals surface area contributed by atoms with Gasteiger partial charge in [0.25, 0.3) is 0 Å². The predicted molar refractivity (Wildman–Crippen MR) is 103 cm³/mol. The molecule has 26 heavy (non-hydrogen) atoms. The normalized spacial score (nSPS) is 11.0. The lowest BCUT2D eigenvalue weighted by atomic mass is 10.2. The molecule has 0 aliphatic heterocycles. The number of rotatable bonds is 6. The predicted octanol–water partition coefficient (Wildman–Crippen LogP) is 4.11. The molecule has 5 nitrogen and oxygen atoms in total. The van der Waals surface area contributed by atoms with Crippen LogP contribution in [0.25, 0.3) is 5.69 Å². The number of aryl methyl sites for hydroxylation is 1. The zero-order valence-corrected chi connectivity index (χ0v) is 15.3. The van der Waals surface area contributed by atoms with Crippen LogP contribution in [0.2, 0.25) is 0 Å². The van der Waals surface area contributed by atoms with Crippen molar-refractivity contribution in [1.82, 2.24) is 24.5 Å². The first kappa shape index (κ1) is 16.6. The SMILES string of the molecule is Cc1nnc(SCc2cnn(-c3ccccc3)c2)n1Cc1ccccc1. The summed E-state index contributed by atoms with van der Waals surface area (Å²) < 4.78 is 4.05. The van der Waals surface area contributed by atoms with Crippen LogP contribution >= 0.6 is 11.8 Å². The molecule has 6 heteroatoms. The highest BCUT2D eigenvalue weighted by molar-refractivity contribution is 7.98. The molecule has 4 aromatic rings. The number of aromatic nitrogens is 5. The molecule has 2 aromatic carbocycles. The Morgan fingerprint density at radius 3 is 2.38 bits per heavy atom. The fraction of sp³-hybridized carbons (Fsp3) is 0.150. The maximum Gasteiger partial charge on any atom is 0.191 e. The van der Waals surface area contributed by atoms with Gasteiger partial charge in [-0.2, -0.15) is 5.10 Å².